The molecular formula is C38H23Br. The van der Waals surface area contributed by atoms with Crippen LogP contribution in [0.3, 0.4) is 0 Å². The molecule has 1 heteroatoms. The van der Waals surface area contributed by atoms with Gasteiger partial charge in [-0.2, -0.15) is 0 Å². The highest BCUT2D eigenvalue weighted by atomic mass is 79.9. The van der Waals surface area contributed by atoms with Gasteiger partial charge in [-0.25, -0.2) is 0 Å². The van der Waals surface area contributed by atoms with Crippen molar-refractivity contribution in [1.82, 2.24) is 0 Å². The van der Waals surface area contributed by atoms with E-state index in [9.17, 15) is 0 Å². The Labute approximate surface area is 235 Å². The second kappa shape index (κ2) is 8.80. The van der Waals surface area contributed by atoms with E-state index in [1.165, 1.54) is 76.1 Å². The molecule has 0 saturated carbocycles. The first kappa shape index (κ1) is 22.5. The Balaban J connectivity index is 1.54. The smallest absolute Gasteiger partial charge is 0.0254 e. The first-order valence-corrected chi connectivity index (χ1v) is 14.1. The van der Waals surface area contributed by atoms with E-state index >= 15 is 0 Å². The minimum atomic E-state index is 1.12. The molecule has 0 bridgehead atoms. The van der Waals surface area contributed by atoms with Crippen molar-refractivity contribution in [2.24, 2.45) is 0 Å². The zero-order chi connectivity index (χ0) is 25.9. The fraction of sp³-hybridized carbons (Fsp3) is 0. The summed E-state index contributed by atoms with van der Waals surface area (Å²) in [7, 11) is 0. The SMILES string of the molecule is Brc1ccc(-c2cc3c4ccccc4c(-c4cccc5ccccc45)cc3c3ccccc23)c2ccccc12. The molecule has 8 rings (SSSR count). The van der Waals surface area contributed by atoms with Gasteiger partial charge in [-0.3, -0.25) is 0 Å². The third kappa shape index (κ3) is 3.44. The van der Waals surface area contributed by atoms with Gasteiger partial charge in [-0.1, -0.05) is 137 Å². The minimum Gasteiger partial charge on any atom is -0.0616 e. The molecule has 0 N–H and O–H groups in total. The number of hydrogen-bond acceptors (Lipinski definition) is 0. The molecular weight excluding hydrogens is 536 g/mol. The first-order chi connectivity index (χ1) is 19.3. The summed E-state index contributed by atoms with van der Waals surface area (Å²) < 4.78 is 1.12. The zero-order valence-corrected chi connectivity index (χ0v) is 22.7. The molecule has 0 atom stereocenters. The van der Waals surface area contributed by atoms with Gasteiger partial charge in [0, 0.05) is 4.47 Å². The second-order valence-electron chi connectivity index (χ2n) is 10.2. The molecule has 0 amide bonds. The summed E-state index contributed by atoms with van der Waals surface area (Å²) in [6.07, 6.45) is 0. The van der Waals surface area contributed by atoms with Gasteiger partial charge in [0.15, 0.2) is 0 Å². The summed E-state index contributed by atoms with van der Waals surface area (Å²) in [5.74, 6) is 0. The van der Waals surface area contributed by atoms with Crippen molar-refractivity contribution < 1.29 is 0 Å². The maximum absolute atomic E-state index is 3.77. The van der Waals surface area contributed by atoms with E-state index < -0.39 is 0 Å². The van der Waals surface area contributed by atoms with Crippen molar-refractivity contribution in [3.05, 3.63) is 144 Å². The van der Waals surface area contributed by atoms with Crippen LogP contribution in [0, 0.1) is 0 Å². The van der Waals surface area contributed by atoms with E-state index in [0.29, 0.717) is 0 Å². The maximum atomic E-state index is 3.77. The Bertz CT molecular complexity index is 2230. The van der Waals surface area contributed by atoms with Gasteiger partial charge in [0.1, 0.15) is 0 Å². The van der Waals surface area contributed by atoms with Crippen LogP contribution >= 0.6 is 15.9 Å². The van der Waals surface area contributed by atoms with Gasteiger partial charge in [-0.05, 0) is 94.3 Å². The van der Waals surface area contributed by atoms with Crippen LogP contribution in [0.2, 0.25) is 0 Å². The van der Waals surface area contributed by atoms with Crippen LogP contribution in [0.25, 0.3) is 76.1 Å². The molecule has 182 valence electrons. The maximum Gasteiger partial charge on any atom is 0.0254 e. The lowest BCUT2D eigenvalue weighted by Crippen LogP contribution is -1.90. The third-order valence-electron chi connectivity index (χ3n) is 8.12. The molecule has 8 aromatic carbocycles. The lowest BCUT2D eigenvalue weighted by molar-refractivity contribution is 1.67. The summed E-state index contributed by atoms with van der Waals surface area (Å²) in [4.78, 5) is 0. The summed E-state index contributed by atoms with van der Waals surface area (Å²) in [5.41, 5.74) is 5.08. The Hall–Kier alpha value is -4.46. The topological polar surface area (TPSA) is 0 Å². The predicted molar refractivity (Wildman–Crippen MR) is 173 cm³/mol. The molecule has 0 saturated heterocycles. The molecule has 0 aliphatic heterocycles. The van der Waals surface area contributed by atoms with Gasteiger partial charge in [-0.15, -0.1) is 0 Å². The lowest BCUT2D eigenvalue weighted by Gasteiger charge is -2.18. The minimum absolute atomic E-state index is 1.12. The molecule has 0 unspecified atom stereocenters. The van der Waals surface area contributed by atoms with Crippen LogP contribution in [0.5, 0.6) is 0 Å². The van der Waals surface area contributed by atoms with E-state index in [2.05, 4.69) is 155 Å². The normalized spacial score (nSPS) is 11.7. The van der Waals surface area contributed by atoms with Gasteiger partial charge in [0.05, 0.1) is 0 Å². The summed E-state index contributed by atoms with van der Waals surface area (Å²) in [6, 6.07) is 51.0. The van der Waals surface area contributed by atoms with Gasteiger partial charge in [0.25, 0.3) is 0 Å². The summed E-state index contributed by atoms with van der Waals surface area (Å²) in [5, 5.41) is 12.7. The van der Waals surface area contributed by atoms with E-state index in [0.717, 1.165) is 4.47 Å². The molecule has 0 fully saturated rings. The van der Waals surface area contributed by atoms with Crippen LogP contribution in [-0.2, 0) is 0 Å². The number of hydrogen-bond donors (Lipinski definition) is 0. The van der Waals surface area contributed by atoms with Gasteiger partial charge >= 0.3 is 0 Å². The van der Waals surface area contributed by atoms with E-state index in [-0.39, 0.29) is 0 Å². The zero-order valence-electron chi connectivity index (χ0n) is 21.2. The van der Waals surface area contributed by atoms with Crippen LogP contribution in [0.15, 0.2) is 144 Å². The molecule has 0 aliphatic rings. The monoisotopic (exact) mass is 558 g/mol. The Morgan fingerprint density at radius 1 is 0.282 bits per heavy atom. The van der Waals surface area contributed by atoms with Crippen molar-refractivity contribution in [3.63, 3.8) is 0 Å². The molecule has 0 spiro atoms. The van der Waals surface area contributed by atoms with E-state index in [4.69, 9.17) is 0 Å². The quantitative estimate of drug-likeness (QED) is 0.185. The van der Waals surface area contributed by atoms with Crippen LogP contribution in [0.1, 0.15) is 0 Å². The summed E-state index contributed by atoms with van der Waals surface area (Å²) in [6.45, 7) is 0. The first-order valence-electron chi connectivity index (χ1n) is 13.3. The lowest BCUT2D eigenvalue weighted by atomic mass is 9.86. The van der Waals surface area contributed by atoms with E-state index in [1.807, 2.05) is 0 Å². The highest BCUT2D eigenvalue weighted by Gasteiger charge is 2.16. The predicted octanol–water partition coefficient (Wildman–Crippen LogP) is 11.5. The number of fused-ring (bicyclic) bond motifs is 7. The fourth-order valence-corrected chi connectivity index (χ4v) is 6.83. The number of rotatable bonds is 2. The average molecular weight is 560 g/mol. The van der Waals surface area contributed by atoms with Crippen molar-refractivity contribution in [2.45, 2.75) is 0 Å². The van der Waals surface area contributed by atoms with Gasteiger partial charge < -0.3 is 0 Å². The molecule has 39 heavy (non-hydrogen) atoms. The van der Waals surface area contributed by atoms with Crippen LogP contribution in [-0.4, -0.2) is 0 Å². The molecule has 0 aliphatic carbocycles. The molecule has 8 aromatic rings. The second-order valence-corrected chi connectivity index (χ2v) is 11.1. The summed E-state index contributed by atoms with van der Waals surface area (Å²) >= 11 is 3.77. The number of benzene rings is 8. The Morgan fingerprint density at radius 2 is 0.718 bits per heavy atom. The van der Waals surface area contributed by atoms with Gasteiger partial charge in [0.2, 0.25) is 0 Å². The number of halogens is 1. The van der Waals surface area contributed by atoms with Crippen molar-refractivity contribution in [1.29, 1.82) is 0 Å². The highest BCUT2D eigenvalue weighted by molar-refractivity contribution is 9.10. The third-order valence-corrected chi connectivity index (χ3v) is 8.81. The largest absolute Gasteiger partial charge is 0.0616 e. The average Bonchev–Trinajstić information content (AvgIpc) is 3.00. The molecule has 0 aromatic heterocycles. The Kier molecular flexibility index (Phi) is 5.08. The molecule has 0 radical (unpaired) electrons. The van der Waals surface area contributed by atoms with Crippen LogP contribution in [0.4, 0.5) is 0 Å². The van der Waals surface area contributed by atoms with Crippen molar-refractivity contribution >= 4 is 69.8 Å². The molecule has 0 nitrogen and oxygen atoms in total. The van der Waals surface area contributed by atoms with E-state index in [1.54, 1.807) is 0 Å². The molecule has 0 heterocycles. The Morgan fingerprint density at radius 3 is 1.33 bits per heavy atom. The fourth-order valence-electron chi connectivity index (χ4n) is 6.35. The van der Waals surface area contributed by atoms with Crippen molar-refractivity contribution in [3.8, 4) is 22.3 Å². The van der Waals surface area contributed by atoms with Crippen LogP contribution < -0.4 is 0 Å². The van der Waals surface area contributed by atoms with Crippen molar-refractivity contribution in [2.75, 3.05) is 0 Å². The highest BCUT2D eigenvalue weighted by Crippen LogP contribution is 2.44. The standard InChI is InChI=1S/C38H23Br/c39-38-21-20-32(27-13-7-8-18-33(27)38)35-23-37-30-16-5-3-14-28(30)34(22-36(37)31-17-6-4-15-29(31)35)26-19-9-11-24-10-1-2-12-25(24)26/h1-23H.